The van der Waals surface area contributed by atoms with Crippen LogP contribution in [-0.2, 0) is 9.47 Å². The van der Waals surface area contributed by atoms with E-state index in [4.69, 9.17) is 9.47 Å². The van der Waals surface area contributed by atoms with Gasteiger partial charge in [0.05, 0.1) is 37.6 Å². The number of amides is 1. The molecule has 0 aromatic heterocycles. The van der Waals surface area contributed by atoms with Gasteiger partial charge in [0.15, 0.2) is 0 Å². The maximum absolute atomic E-state index is 12.6. The van der Waals surface area contributed by atoms with Crippen molar-refractivity contribution >= 4 is 5.91 Å². The van der Waals surface area contributed by atoms with Crippen molar-refractivity contribution in [3.63, 3.8) is 0 Å². The van der Waals surface area contributed by atoms with Gasteiger partial charge in [-0.05, 0) is 17.7 Å². The van der Waals surface area contributed by atoms with Crippen molar-refractivity contribution in [3.8, 4) is 17.2 Å². The Hall–Kier alpha value is -2.68. The SMILES string of the molecule is N#Cc1ccccc1-c1ccccc1C(=O)NCC1COCCO1. The fraction of sp³-hybridized carbons (Fsp3) is 0.263. The number of carbonyl (C=O) groups is 1. The van der Waals surface area contributed by atoms with Crippen LogP contribution in [0.1, 0.15) is 15.9 Å². The molecule has 1 atom stereocenters. The van der Waals surface area contributed by atoms with Crippen molar-refractivity contribution in [2.45, 2.75) is 6.10 Å². The van der Waals surface area contributed by atoms with E-state index in [1.807, 2.05) is 36.4 Å². The summed E-state index contributed by atoms with van der Waals surface area (Å²) in [6.45, 7) is 2.02. The average Bonchev–Trinajstić information content (AvgIpc) is 2.67. The quantitative estimate of drug-likeness (QED) is 0.938. The van der Waals surface area contributed by atoms with Gasteiger partial charge in [0.25, 0.3) is 5.91 Å². The molecular formula is C19H18N2O3. The monoisotopic (exact) mass is 322 g/mol. The first kappa shape index (κ1) is 16.2. The van der Waals surface area contributed by atoms with Crippen molar-refractivity contribution in [1.82, 2.24) is 5.32 Å². The topological polar surface area (TPSA) is 71.4 Å². The van der Waals surface area contributed by atoms with Gasteiger partial charge in [-0.3, -0.25) is 4.79 Å². The molecule has 2 aromatic carbocycles. The zero-order chi connectivity index (χ0) is 16.8. The smallest absolute Gasteiger partial charge is 0.252 e. The number of hydrogen-bond acceptors (Lipinski definition) is 4. The predicted molar refractivity (Wildman–Crippen MR) is 89.5 cm³/mol. The molecule has 1 aliphatic rings. The average molecular weight is 322 g/mol. The molecular weight excluding hydrogens is 304 g/mol. The highest BCUT2D eigenvalue weighted by atomic mass is 16.6. The summed E-state index contributed by atoms with van der Waals surface area (Å²) in [5.74, 6) is -0.187. The van der Waals surface area contributed by atoms with Gasteiger partial charge in [-0.1, -0.05) is 36.4 Å². The second-order valence-corrected chi connectivity index (χ2v) is 5.48. The van der Waals surface area contributed by atoms with Crippen LogP contribution in [0.15, 0.2) is 48.5 Å². The molecule has 24 heavy (non-hydrogen) atoms. The molecule has 3 rings (SSSR count). The zero-order valence-electron chi connectivity index (χ0n) is 13.2. The number of benzene rings is 2. The van der Waals surface area contributed by atoms with Gasteiger partial charge in [-0.2, -0.15) is 5.26 Å². The highest BCUT2D eigenvalue weighted by molar-refractivity contribution is 6.01. The highest BCUT2D eigenvalue weighted by Crippen LogP contribution is 2.26. The lowest BCUT2D eigenvalue weighted by molar-refractivity contribution is -0.0855. The Balaban J connectivity index is 1.81. The van der Waals surface area contributed by atoms with Gasteiger partial charge in [0.1, 0.15) is 0 Å². The Labute approximate surface area is 140 Å². The maximum Gasteiger partial charge on any atom is 0.252 e. The van der Waals surface area contributed by atoms with Crippen LogP contribution in [0.5, 0.6) is 0 Å². The summed E-state index contributed by atoms with van der Waals surface area (Å²) in [5, 5.41) is 12.2. The third-order valence-corrected chi connectivity index (χ3v) is 3.88. The Morgan fingerprint density at radius 1 is 1.12 bits per heavy atom. The van der Waals surface area contributed by atoms with Crippen molar-refractivity contribution in [2.24, 2.45) is 0 Å². The predicted octanol–water partition coefficient (Wildman–Crippen LogP) is 2.37. The van der Waals surface area contributed by atoms with Gasteiger partial charge in [0.2, 0.25) is 0 Å². The van der Waals surface area contributed by atoms with Gasteiger partial charge in [-0.25, -0.2) is 0 Å². The summed E-state index contributed by atoms with van der Waals surface area (Å²) >= 11 is 0. The van der Waals surface area contributed by atoms with Gasteiger partial charge in [0, 0.05) is 17.7 Å². The van der Waals surface area contributed by atoms with Crippen LogP contribution < -0.4 is 5.32 Å². The number of nitriles is 1. The number of nitrogens with zero attached hydrogens (tertiary/aromatic N) is 1. The molecule has 1 heterocycles. The lowest BCUT2D eigenvalue weighted by Gasteiger charge is -2.23. The molecule has 5 nitrogen and oxygen atoms in total. The molecule has 1 unspecified atom stereocenters. The van der Waals surface area contributed by atoms with Crippen LogP contribution in [0, 0.1) is 11.3 Å². The Bertz CT molecular complexity index is 761. The van der Waals surface area contributed by atoms with Crippen molar-refractivity contribution in [3.05, 3.63) is 59.7 Å². The van der Waals surface area contributed by atoms with Crippen molar-refractivity contribution in [1.29, 1.82) is 5.26 Å². The van der Waals surface area contributed by atoms with E-state index in [2.05, 4.69) is 11.4 Å². The summed E-state index contributed by atoms with van der Waals surface area (Å²) < 4.78 is 10.9. The highest BCUT2D eigenvalue weighted by Gasteiger charge is 2.18. The Morgan fingerprint density at radius 2 is 1.88 bits per heavy atom. The van der Waals surface area contributed by atoms with Gasteiger partial charge in [-0.15, -0.1) is 0 Å². The minimum absolute atomic E-state index is 0.124. The third-order valence-electron chi connectivity index (χ3n) is 3.88. The first-order valence-electron chi connectivity index (χ1n) is 7.85. The molecule has 0 saturated carbocycles. The van der Waals surface area contributed by atoms with Crippen molar-refractivity contribution in [2.75, 3.05) is 26.4 Å². The fourth-order valence-corrected chi connectivity index (χ4v) is 2.69. The third kappa shape index (κ3) is 3.62. The normalized spacial score (nSPS) is 17.0. The Morgan fingerprint density at radius 3 is 2.62 bits per heavy atom. The number of rotatable bonds is 4. The number of carbonyl (C=O) groups excluding carboxylic acids is 1. The van der Waals surface area contributed by atoms with Crippen LogP contribution in [0.4, 0.5) is 0 Å². The standard InChI is InChI=1S/C19H18N2O3/c20-11-14-5-1-2-6-16(14)17-7-3-4-8-18(17)19(22)21-12-15-13-23-9-10-24-15/h1-8,15H,9-10,12-13H2,(H,21,22). The fourth-order valence-electron chi connectivity index (χ4n) is 2.69. The Kier molecular flexibility index (Phi) is 5.22. The van der Waals surface area contributed by atoms with Crippen LogP contribution in [-0.4, -0.2) is 38.4 Å². The van der Waals surface area contributed by atoms with Crippen LogP contribution in [0.2, 0.25) is 0 Å². The molecule has 2 aromatic rings. The molecule has 1 fully saturated rings. The largest absolute Gasteiger partial charge is 0.376 e. The van der Waals surface area contributed by atoms with E-state index >= 15 is 0 Å². The van der Waals surface area contributed by atoms with Crippen LogP contribution >= 0.6 is 0 Å². The lowest BCUT2D eigenvalue weighted by Crippen LogP contribution is -2.39. The van der Waals surface area contributed by atoms with Gasteiger partial charge >= 0.3 is 0 Å². The van der Waals surface area contributed by atoms with E-state index < -0.39 is 0 Å². The number of nitrogens with one attached hydrogen (secondary N) is 1. The van der Waals surface area contributed by atoms with E-state index in [0.29, 0.717) is 37.5 Å². The first-order valence-corrected chi connectivity index (χ1v) is 7.85. The lowest BCUT2D eigenvalue weighted by atomic mass is 9.95. The summed E-state index contributed by atoms with van der Waals surface area (Å²) in [5.41, 5.74) is 2.58. The molecule has 1 N–H and O–H groups in total. The molecule has 1 aliphatic heterocycles. The van der Waals surface area contributed by atoms with E-state index in [1.165, 1.54) is 0 Å². The molecule has 0 radical (unpaired) electrons. The van der Waals surface area contributed by atoms with E-state index in [1.54, 1.807) is 12.1 Å². The van der Waals surface area contributed by atoms with E-state index in [9.17, 15) is 10.1 Å². The van der Waals surface area contributed by atoms with Gasteiger partial charge < -0.3 is 14.8 Å². The summed E-state index contributed by atoms with van der Waals surface area (Å²) in [4.78, 5) is 12.6. The minimum atomic E-state index is -0.187. The van der Waals surface area contributed by atoms with Crippen LogP contribution in [0.25, 0.3) is 11.1 Å². The number of hydrogen-bond donors (Lipinski definition) is 1. The molecule has 1 amide bonds. The molecule has 1 saturated heterocycles. The first-order chi connectivity index (χ1) is 11.8. The second-order valence-electron chi connectivity index (χ2n) is 5.48. The summed E-state index contributed by atoms with van der Waals surface area (Å²) in [6, 6.07) is 16.7. The molecule has 0 aliphatic carbocycles. The minimum Gasteiger partial charge on any atom is -0.376 e. The molecule has 5 heteroatoms. The van der Waals surface area contributed by atoms with Crippen LogP contribution in [0.3, 0.4) is 0 Å². The van der Waals surface area contributed by atoms with E-state index in [-0.39, 0.29) is 12.0 Å². The molecule has 122 valence electrons. The maximum atomic E-state index is 12.6. The molecule has 0 spiro atoms. The zero-order valence-corrected chi connectivity index (χ0v) is 13.2. The van der Waals surface area contributed by atoms with Crippen molar-refractivity contribution < 1.29 is 14.3 Å². The molecule has 0 bridgehead atoms. The summed E-state index contributed by atoms with van der Waals surface area (Å²) in [6.07, 6.45) is -0.124. The number of ether oxygens (including phenoxy) is 2. The summed E-state index contributed by atoms with van der Waals surface area (Å²) in [7, 11) is 0. The second kappa shape index (κ2) is 7.73. The van der Waals surface area contributed by atoms with E-state index in [0.717, 1.165) is 11.1 Å².